The lowest BCUT2D eigenvalue weighted by molar-refractivity contribution is 0.858. The van der Waals surface area contributed by atoms with Crippen molar-refractivity contribution in [3.05, 3.63) is 42.0 Å². The van der Waals surface area contributed by atoms with Gasteiger partial charge in [0.25, 0.3) is 0 Å². The van der Waals surface area contributed by atoms with Crippen molar-refractivity contribution in [1.29, 1.82) is 0 Å². The number of nitrogen functional groups attached to an aromatic ring is 2. The molecule has 0 aliphatic rings. The van der Waals surface area contributed by atoms with E-state index < -0.39 is 0 Å². The molecule has 0 bridgehead atoms. The van der Waals surface area contributed by atoms with Crippen LogP contribution >= 0.6 is 0 Å². The Kier molecular flexibility index (Phi) is 3.96. The Bertz CT molecular complexity index is 478. The molecule has 2 rings (SSSR count). The summed E-state index contributed by atoms with van der Waals surface area (Å²) in [4.78, 5) is 7.87. The van der Waals surface area contributed by atoms with Crippen molar-refractivity contribution in [1.82, 2.24) is 9.97 Å². The summed E-state index contributed by atoms with van der Waals surface area (Å²) >= 11 is 0. The molecule has 5 nitrogen and oxygen atoms in total. The molecule has 0 amide bonds. The van der Waals surface area contributed by atoms with Crippen LogP contribution in [0.15, 0.2) is 36.4 Å². The van der Waals surface area contributed by atoms with Gasteiger partial charge >= 0.3 is 0 Å². The molecule has 0 aliphatic heterocycles. The van der Waals surface area contributed by atoms with Crippen LogP contribution in [0.25, 0.3) is 0 Å². The van der Waals surface area contributed by atoms with Crippen LogP contribution in [0.5, 0.6) is 0 Å². The highest BCUT2D eigenvalue weighted by Crippen LogP contribution is 2.09. The molecule has 2 aromatic rings. The number of benzene rings is 1. The number of aryl methyl sites for hydroxylation is 1. The molecular weight excluding hydrogens is 226 g/mol. The summed E-state index contributed by atoms with van der Waals surface area (Å²) in [6.07, 6.45) is 2.05. The molecule has 0 unspecified atom stereocenters. The first-order valence-corrected chi connectivity index (χ1v) is 5.92. The van der Waals surface area contributed by atoms with E-state index in [1.807, 2.05) is 6.07 Å². The first-order valence-electron chi connectivity index (χ1n) is 5.92. The largest absolute Gasteiger partial charge is 0.383 e. The number of aromatic nitrogens is 2. The second-order valence-corrected chi connectivity index (χ2v) is 4.05. The number of rotatable bonds is 5. The van der Waals surface area contributed by atoms with E-state index in [1.165, 1.54) is 5.56 Å². The molecule has 0 radical (unpaired) electrons. The standard InChI is InChI=1S/C13H17N5/c14-11-9-12(18-13(15)17-11)16-8-4-7-10-5-2-1-3-6-10/h1-3,5-6,9H,4,7-8H2,(H5,14,15,16,17,18). The predicted molar refractivity (Wildman–Crippen MR) is 74.1 cm³/mol. The van der Waals surface area contributed by atoms with Crippen molar-refractivity contribution >= 4 is 17.6 Å². The van der Waals surface area contributed by atoms with Crippen LogP contribution in [0.4, 0.5) is 17.6 Å². The minimum Gasteiger partial charge on any atom is -0.383 e. The number of nitrogens with one attached hydrogen (secondary N) is 1. The average Bonchev–Trinajstić information content (AvgIpc) is 2.35. The maximum absolute atomic E-state index is 5.58. The van der Waals surface area contributed by atoms with Crippen LogP contribution in [0, 0.1) is 0 Å². The monoisotopic (exact) mass is 243 g/mol. The van der Waals surface area contributed by atoms with Crippen molar-refractivity contribution < 1.29 is 0 Å². The zero-order chi connectivity index (χ0) is 12.8. The molecular formula is C13H17N5. The fourth-order valence-corrected chi connectivity index (χ4v) is 1.73. The van der Waals surface area contributed by atoms with Crippen LogP contribution in [0.3, 0.4) is 0 Å². The van der Waals surface area contributed by atoms with E-state index in [0.29, 0.717) is 11.6 Å². The maximum atomic E-state index is 5.58. The minimum atomic E-state index is 0.195. The van der Waals surface area contributed by atoms with Gasteiger partial charge in [0.2, 0.25) is 5.95 Å². The Morgan fingerprint density at radius 3 is 2.56 bits per heavy atom. The topological polar surface area (TPSA) is 89.8 Å². The van der Waals surface area contributed by atoms with Crippen molar-refractivity contribution in [2.24, 2.45) is 0 Å². The third-order valence-electron chi connectivity index (χ3n) is 2.55. The van der Waals surface area contributed by atoms with E-state index in [1.54, 1.807) is 6.07 Å². The van der Waals surface area contributed by atoms with E-state index in [4.69, 9.17) is 11.5 Å². The quantitative estimate of drug-likeness (QED) is 0.695. The molecule has 18 heavy (non-hydrogen) atoms. The summed E-state index contributed by atoms with van der Waals surface area (Å²) in [6, 6.07) is 12.1. The van der Waals surface area contributed by atoms with E-state index in [0.717, 1.165) is 19.4 Å². The Labute approximate surface area is 106 Å². The fourth-order valence-electron chi connectivity index (χ4n) is 1.73. The molecule has 1 aromatic heterocycles. The molecule has 0 fully saturated rings. The SMILES string of the molecule is Nc1cc(NCCCc2ccccc2)nc(N)n1. The Morgan fingerprint density at radius 1 is 1.06 bits per heavy atom. The molecule has 1 aromatic carbocycles. The first-order chi connectivity index (χ1) is 8.74. The minimum absolute atomic E-state index is 0.195. The molecule has 1 heterocycles. The van der Waals surface area contributed by atoms with Crippen LogP contribution in [0.2, 0.25) is 0 Å². The van der Waals surface area contributed by atoms with Gasteiger partial charge in [0.1, 0.15) is 11.6 Å². The predicted octanol–water partition coefficient (Wildman–Crippen LogP) is 1.69. The number of anilines is 3. The van der Waals surface area contributed by atoms with Crippen molar-refractivity contribution in [2.45, 2.75) is 12.8 Å². The molecule has 0 saturated carbocycles. The molecule has 5 heteroatoms. The smallest absolute Gasteiger partial charge is 0.223 e. The lowest BCUT2D eigenvalue weighted by Gasteiger charge is -2.06. The van der Waals surface area contributed by atoms with Crippen molar-refractivity contribution in [3.8, 4) is 0 Å². The molecule has 94 valence electrons. The number of nitrogens with zero attached hydrogens (tertiary/aromatic N) is 2. The van der Waals surface area contributed by atoms with Crippen molar-refractivity contribution in [2.75, 3.05) is 23.3 Å². The van der Waals surface area contributed by atoms with Crippen LogP contribution < -0.4 is 16.8 Å². The van der Waals surface area contributed by atoms with Gasteiger partial charge in [-0.2, -0.15) is 9.97 Å². The number of hydrogen-bond acceptors (Lipinski definition) is 5. The maximum Gasteiger partial charge on any atom is 0.223 e. The summed E-state index contributed by atoms with van der Waals surface area (Å²) in [5, 5.41) is 3.19. The average molecular weight is 243 g/mol. The normalized spacial score (nSPS) is 10.2. The van der Waals surface area contributed by atoms with Gasteiger partial charge in [-0.05, 0) is 18.4 Å². The Hall–Kier alpha value is -2.30. The second kappa shape index (κ2) is 5.86. The number of nitrogens with two attached hydrogens (primary N) is 2. The Balaban J connectivity index is 1.78. The fraction of sp³-hybridized carbons (Fsp3) is 0.231. The van der Waals surface area contributed by atoms with Gasteiger partial charge in [0.15, 0.2) is 0 Å². The second-order valence-electron chi connectivity index (χ2n) is 4.05. The third-order valence-corrected chi connectivity index (χ3v) is 2.55. The lowest BCUT2D eigenvalue weighted by Crippen LogP contribution is -2.08. The van der Waals surface area contributed by atoms with Crippen LogP contribution in [0.1, 0.15) is 12.0 Å². The van der Waals surface area contributed by atoms with Crippen LogP contribution in [-0.4, -0.2) is 16.5 Å². The summed E-state index contributed by atoms with van der Waals surface area (Å²) in [6.45, 7) is 0.824. The van der Waals surface area contributed by atoms with E-state index in [9.17, 15) is 0 Å². The highest BCUT2D eigenvalue weighted by molar-refractivity contribution is 5.48. The van der Waals surface area contributed by atoms with Gasteiger partial charge < -0.3 is 16.8 Å². The van der Waals surface area contributed by atoms with E-state index in [2.05, 4.69) is 39.6 Å². The summed E-state index contributed by atoms with van der Waals surface area (Å²) in [5.41, 5.74) is 12.4. The van der Waals surface area contributed by atoms with Gasteiger partial charge in [-0.3, -0.25) is 0 Å². The van der Waals surface area contributed by atoms with Gasteiger partial charge in [0.05, 0.1) is 0 Å². The molecule has 0 atom stereocenters. The van der Waals surface area contributed by atoms with E-state index >= 15 is 0 Å². The summed E-state index contributed by atoms with van der Waals surface area (Å²) in [5.74, 6) is 1.25. The zero-order valence-corrected chi connectivity index (χ0v) is 10.1. The van der Waals surface area contributed by atoms with Crippen molar-refractivity contribution in [3.63, 3.8) is 0 Å². The summed E-state index contributed by atoms with van der Waals surface area (Å²) in [7, 11) is 0. The highest BCUT2D eigenvalue weighted by Gasteiger charge is 1.99. The van der Waals surface area contributed by atoms with Gasteiger partial charge in [-0.1, -0.05) is 30.3 Å². The molecule has 0 spiro atoms. The van der Waals surface area contributed by atoms with Gasteiger partial charge in [-0.15, -0.1) is 0 Å². The van der Waals surface area contributed by atoms with Gasteiger partial charge in [-0.25, -0.2) is 0 Å². The first kappa shape index (κ1) is 12.2. The summed E-state index contributed by atoms with van der Waals surface area (Å²) < 4.78 is 0. The van der Waals surface area contributed by atoms with Gasteiger partial charge in [0, 0.05) is 12.6 Å². The zero-order valence-electron chi connectivity index (χ0n) is 10.1. The molecule has 0 saturated heterocycles. The number of hydrogen-bond donors (Lipinski definition) is 3. The van der Waals surface area contributed by atoms with E-state index in [-0.39, 0.29) is 5.95 Å². The third kappa shape index (κ3) is 3.62. The van der Waals surface area contributed by atoms with Crippen LogP contribution in [-0.2, 0) is 6.42 Å². The molecule has 0 aliphatic carbocycles. The highest BCUT2D eigenvalue weighted by atomic mass is 15.1. The molecule has 5 N–H and O–H groups in total. The Morgan fingerprint density at radius 2 is 1.83 bits per heavy atom. The lowest BCUT2D eigenvalue weighted by atomic mass is 10.1.